The number of hydrogen-bond acceptors (Lipinski definition) is 3. The van der Waals surface area contributed by atoms with Gasteiger partial charge in [0.15, 0.2) is 0 Å². The summed E-state index contributed by atoms with van der Waals surface area (Å²) in [5, 5.41) is 0. The van der Waals surface area contributed by atoms with Crippen LogP contribution in [0.1, 0.15) is 32.1 Å². The van der Waals surface area contributed by atoms with E-state index in [1.807, 2.05) is 11.8 Å². The summed E-state index contributed by atoms with van der Waals surface area (Å²) in [7, 11) is 0. The molecular formula is C11H21NOS. The Bertz CT molecular complexity index is 163. The van der Waals surface area contributed by atoms with Crippen LogP contribution >= 0.6 is 11.8 Å². The average molecular weight is 215 g/mol. The van der Waals surface area contributed by atoms with Gasteiger partial charge in [0, 0.05) is 25.9 Å². The van der Waals surface area contributed by atoms with Gasteiger partial charge in [-0.1, -0.05) is 6.42 Å². The predicted octanol–water partition coefficient (Wildman–Crippen LogP) is 2.18. The van der Waals surface area contributed by atoms with Crippen LogP contribution in [-0.4, -0.2) is 42.3 Å². The van der Waals surface area contributed by atoms with Gasteiger partial charge in [-0.3, -0.25) is 4.79 Å². The zero-order chi connectivity index (χ0) is 10.2. The minimum atomic E-state index is 0.448. The van der Waals surface area contributed by atoms with Crippen molar-refractivity contribution in [2.45, 2.75) is 32.1 Å². The lowest BCUT2D eigenvalue weighted by Gasteiger charge is -2.25. The van der Waals surface area contributed by atoms with Crippen LogP contribution in [0.25, 0.3) is 0 Å². The van der Waals surface area contributed by atoms with Crippen molar-refractivity contribution in [3.05, 3.63) is 0 Å². The molecule has 1 fully saturated rings. The summed E-state index contributed by atoms with van der Waals surface area (Å²) in [5.74, 6) is 1.74. The number of thioether (sulfide) groups is 1. The van der Waals surface area contributed by atoms with Gasteiger partial charge in [0.2, 0.25) is 0 Å². The van der Waals surface area contributed by atoms with E-state index in [4.69, 9.17) is 0 Å². The monoisotopic (exact) mass is 215 g/mol. The Morgan fingerprint density at radius 2 is 1.93 bits per heavy atom. The molecule has 82 valence electrons. The first-order valence-corrected chi connectivity index (χ1v) is 6.95. The van der Waals surface area contributed by atoms with Crippen LogP contribution in [0.4, 0.5) is 0 Å². The standard InChI is InChI=1S/C11H21NOS/c1-14-10-4-2-3-7-12-8-5-11(13)6-9-12/h2-10H2,1H3. The second kappa shape index (κ2) is 7.30. The van der Waals surface area contributed by atoms with E-state index in [-0.39, 0.29) is 0 Å². The van der Waals surface area contributed by atoms with E-state index in [1.165, 1.54) is 31.6 Å². The SMILES string of the molecule is CSCCCCCN1CCC(=O)CC1. The zero-order valence-corrected chi connectivity index (χ0v) is 9.94. The number of carbonyl (C=O) groups is 1. The minimum absolute atomic E-state index is 0.448. The van der Waals surface area contributed by atoms with E-state index in [0.29, 0.717) is 5.78 Å². The van der Waals surface area contributed by atoms with Gasteiger partial charge in [-0.2, -0.15) is 11.8 Å². The molecule has 1 heterocycles. The third-order valence-electron chi connectivity index (χ3n) is 2.74. The summed E-state index contributed by atoms with van der Waals surface area (Å²) in [6, 6.07) is 0. The number of carbonyl (C=O) groups excluding carboxylic acids is 1. The maximum Gasteiger partial charge on any atom is 0.135 e. The molecule has 3 heteroatoms. The Kier molecular flexibility index (Phi) is 6.28. The van der Waals surface area contributed by atoms with Gasteiger partial charge in [-0.25, -0.2) is 0 Å². The number of ketones is 1. The lowest BCUT2D eigenvalue weighted by molar-refractivity contribution is -0.121. The lowest BCUT2D eigenvalue weighted by atomic mass is 10.1. The fourth-order valence-corrected chi connectivity index (χ4v) is 2.28. The van der Waals surface area contributed by atoms with Gasteiger partial charge in [-0.15, -0.1) is 0 Å². The molecule has 0 amide bonds. The Morgan fingerprint density at radius 1 is 1.21 bits per heavy atom. The summed E-state index contributed by atoms with van der Waals surface area (Å²) in [6.07, 6.45) is 7.71. The second-order valence-electron chi connectivity index (χ2n) is 3.93. The summed E-state index contributed by atoms with van der Waals surface area (Å²) < 4.78 is 0. The number of nitrogens with zero attached hydrogens (tertiary/aromatic N) is 1. The Hall–Kier alpha value is -0.0200. The van der Waals surface area contributed by atoms with Crippen LogP contribution in [0.2, 0.25) is 0 Å². The first-order chi connectivity index (χ1) is 6.83. The van der Waals surface area contributed by atoms with Gasteiger partial charge in [0.05, 0.1) is 0 Å². The highest BCUT2D eigenvalue weighted by Gasteiger charge is 2.14. The summed E-state index contributed by atoms with van der Waals surface area (Å²) in [6.45, 7) is 3.20. The smallest absolute Gasteiger partial charge is 0.135 e. The first kappa shape index (κ1) is 12.1. The van der Waals surface area contributed by atoms with E-state index in [2.05, 4.69) is 11.2 Å². The Morgan fingerprint density at radius 3 is 2.57 bits per heavy atom. The Balaban J connectivity index is 1.94. The van der Waals surface area contributed by atoms with Gasteiger partial charge < -0.3 is 4.90 Å². The van der Waals surface area contributed by atoms with Crippen molar-refractivity contribution in [1.82, 2.24) is 4.90 Å². The average Bonchev–Trinajstić information content (AvgIpc) is 2.21. The van der Waals surface area contributed by atoms with Crippen LogP contribution in [0.3, 0.4) is 0 Å². The topological polar surface area (TPSA) is 20.3 Å². The van der Waals surface area contributed by atoms with Crippen LogP contribution < -0.4 is 0 Å². The van der Waals surface area contributed by atoms with Crippen molar-refractivity contribution in [1.29, 1.82) is 0 Å². The summed E-state index contributed by atoms with van der Waals surface area (Å²) in [5.41, 5.74) is 0. The van der Waals surface area contributed by atoms with Crippen molar-refractivity contribution in [2.24, 2.45) is 0 Å². The number of Topliss-reactive ketones (excluding diaryl/α,β-unsaturated/α-hetero) is 1. The largest absolute Gasteiger partial charge is 0.302 e. The van der Waals surface area contributed by atoms with Gasteiger partial charge in [0.25, 0.3) is 0 Å². The fraction of sp³-hybridized carbons (Fsp3) is 0.909. The first-order valence-electron chi connectivity index (χ1n) is 5.56. The molecule has 14 heavy (non-hydrogen) atoms. The third-order valence-corrected chi connectivity index (χ3v) is 3.43. The van der Waals surface area contributed by atoms with Gasteiger partial charge in [-0.05, 0) is 31.4 Å². The molecule has 2 nitrogen and oxygen atoms in total. The van der Waals surface area contributed by atoms with E-state index < -0.39 is 0 Å². The van der Waals surface area contributed by atoms with Crippen molar-refractivity contribution in [3.8, 4) is 0 Å². The third kappa shape index (κ3) is 5.01. The van der Waals surface area contributed by atoms with E-state index in [1.54, 1.807) is 0 Å². The Labute approximate surface area is 91.4 Å². The molecule has 1 saturated heterocycles. The van der Waals surface area contributed by atoms with Gasteiger partial charge >= 0.3 is 0 Å². The molecule has 0 atom stereocenters. The summed E-state index contributed by atoms with van der Waals surface area (Å²) >= 11 is 1.93. The van der Waals surface area contributed by atoms with Crippen LogP contribution in [0, 0.1) is 0 Å². The quantitative estimate of drug-likeness (QED) is 0.633. The molecule has 0 aliphatic carbocycles. The number of rotatable bonds is 6. The van der Waals surface area contributed by atoms with E-state index in [9.17, 15) is 4.79 Å². The molecule has 0 radical (unpaired) electrons. The molecular weight excluding hydrogens is 194 g/mol. The highest BCUT2D eigenvalue weighted by molar-refractivity contribution is 7.98. The molecule has 0 aromatic carbocycles. The highest BCUT2D eigenvalue weighted by Crippen LogP contribution is 2.08. The molecule has 1 rings (SSSR count). The lowest BCUT2D eigenvalue weighted by Crippen LogP contribution is -2.34. The molecule has 0 N–H and O–H groups in total. The van der Waals surface area contributed by atoms with Crippen LogP contribution in [-0.2, 0) is 4.79 Å². The van der Waals surface area contributed by atoms with E-state index in [0.717, 1.165) is 25.9 Å². The molecule has 1 aliphatic rings. The van der Waals surface area contributed by atoms with Crippen molar-refractivity contribution in [2.75, 3.05) is 31.6 Å². The van der Waals surface area contributed by atoms with Crippen molar-refractivity contribution < 1.29 is 4.79 Å². The summed E-state index contributed by atoms with van der Waals surface area (Å²) in [4.78, 5) is 13.4. The molecule has 0 unspecified atom stereocenters. The highest BCUT2D eigenvalue weighted by atomic mass is 32.2. The van der Waals surface area contributed by atoms with E-state index >= 15 is 0 Å². The predicted molar refractivity (Wildman–Crippen MR) is 62.9 cm³/mol. The number of likely N-dealkylation sites (tertiary alicyclic amines) is 1. The number of unbranched alkanes of at least 4 members (excludes halogenated alkanes) is 2. The molecule has 0 aromatic rings. The maximum absolute atomic E-state index is 11.0. The van der Waals surface area contributed by atoms with Crippen molar-refractivity contribution >= 4 is 17.5 Å². The second-order valence-corrected chi connectivity index (χ2v) is 4.92. The molecule has 0 bridgehead atoms. The van der Waals surface area contributed by atoms with Crippen LogP contribution in [0.15, 0.2) is 0 Å². The molecule has 0 spiro atoms. The zero-order valence-electron chi connectivity index (χ0n) is 9.13. The minimum Gasteiger partial charge on any atom is -0.302 e. The molecule has 0 aromatic heterocycles. The molecule has 1 aliphatic heterocycles. The molecule has 0 saturated carbocycles. The normalized spacial score (nSPS) is 18.8. The van der Waals surface area contributed by atoms with Crippen LogP contribution in [0.5, 0.6) is 0 Å². The van der Waals surface area contributed by atoms with Gasteiger partial charge in [0.1, 0.15) is 5.78 Å². The maximum atomic E-state index is 11.0. The van der Waals surface area contributed by atoms with Crippen molar-refractivity contribution in [3.63, 3.8) is 0 Å². The fourth-order valence-electron chi connectivity index (χ4n) is 1.78. The number of piperidine rings is 1. The number of hydrogen-bond donors (Lipinski definition) is 0.